The third kappa shape index (κ3) is 3.95. The van der Waals surface area contributed by atoms with E-state index in [0.29, 0.717) is 11.3 Å². The van der Waals surface area contributed by atoms with Gasteiger partial charge in [-0.25, -0.2) is 0 Å². The fourth-order valence-corrected chi connectivity index (χ4v) is 1.70. The Kier molecular flexibility index (Phi) is 5.02. The summed E-state index contributed by atoms with van der Waals surface area (Å²) >= 11 is 0. The van der Waals surface area contributed by atoms with E-state index in [0.717, 1.165) is 0 Å². The van der Waals surface area contributed by atoms with Crippen LogP contribution in [0.2, 0.25) is 0 Å². The smallest absolute Gasteiger partial charge is 0.294 e. The lowest BCUT2D eigenvalue weighted by atomic mass is 10.2. The van der Waals surface area contributed by atoms with E-state index < -0.39 is 10.1 Å². The lowest BCUT2D eigenvalue weighted by molar-refractivity contribution is 0.318. The third-order valence-corrected chi connectivity index (χ3v) is 2.70. The molecule has 2 N–H and O–H groups in total. The van der Waals surface area contributed by atoms with Crippen molar-refractivity contribution in [2.45, 2.75) is 11.8 Å². The molecule has 1 aromatic carbocycles. The minimum Gasteiger partial charge on any atom is -0.397 e. The van der Waals surface area contributed by atoms with Gasteiger partial charge in [-0.15, -0.1) is 0 Å². The van der Waals surface area contributed by atoms with Crippen LogP contribution >= 0.6 is 0 Å². The fraction of sp³-hybridized carbons (Fsp3) is 0.182. The maximum Gasteiger partial charge on any atom is 0.294 e. The van der Waals surface area contributed by atoms with Gasteiger partial charge in [-0.2, -0.15) is 8.42 Å². The Hall–Kier alpha value is -1.70. The summed E-state index contributed by atoms with van der Waals surface area (Å²) in [6.45, 7) is 1.93. The molecule has 2 aromatic rings. The molecule has 2 rings (SSSR count). The molecule has 0 aliphatic carbocycles. The van der Waals surface area contributed by atoms with E-state index >= 15 is 0 Å². The normalized spacial score (nSPS) is 10.6. The summed E-state index contributed by atoms with van der Waals surface area (Å²) in [7, 11) is -4.18. The molecule has 7 heteroatoms. The molecular weight excluding hydrogens is 258 g/mol. The molecule has 0 amide bonds. The maximum atomic E-state index is 10.9. The number of aliphatic hydroxyl groups excluding tert-OH is 1. The Labute approximate surface area is 105 Å². The van der Waals surface area contributed by atoms with Crippen molar-refractivity contribution in [3.8, 4) is 11.3 Å². The Morgan fingerprint density at radius 1 is 1.33 bits per heavy atom. The minimum atomic E-state index is -4.18. The van der Waals surface area contributed by atoms with Gasteiger partial charge in [0.1, 0.15) is 0 Å². The van der Waals surface area contributed by atoms with Gasteiger partial charge in [-0.3, -0.25) is 4.55 Å². The van der Waals surface area contributed by atoms with Crippen molar-refractivity contribution in [2.24, 2.45) is 0 Å². The van der Waals surface area contributed by atoms with Crippen molar-refractivity contribution in [1.29, 1.82) is 0 Å². The number of hydrogen-bond acceptors (Lipinski definition) is 5. The summed E-state index contributed by atoms with van der Waals surface area (Å²) in [5.74, 6) is 0.445. The first-order valence-corrected chi connectivity index (χ1v) is 6.52. The fourth-order valence-electron chi connectivity index (χ4n) is 1.17. The third-order valence-electron chi connectivity index (χ3n) is 1.85. The molecule has 0 atom stereocenters. The Bertz CT molecular complexity index is 577. The Balaban J connectivity index is 0.000000492. The first kappa shape index (κ1) is 14.4. The number of nitrogens with zero attached hydrogens (tertiary/aromatic N) is 1. The van der Waals surface area contributed by atoms with Crippen molar-refractivity contribution in [3.63, 3.8) is 0 Å². The van der Waals surface area contributed by atoms with Crippen LogP contribution in [-0.4, -0.2) is 29.8 Å². The highest BCUT2D eigenvalue weighted by molar-refractivity contribution is 7.85. The quantitative estimate of drug-likeness (QED) is 0.804. The van der Waals surface area contributed by atoms with Gasteiger partial charge in [0.25, 0.3) is 10.1 Å². The largest absolute Gasteiger partial charge is 0.397 e. The predicted molar refractivity (Wildman–Crippen MR) is 64.5 cm³/mol. The van der Waals surface area contributed by atoms with Crippen LogP contribution in [0.4, 0.5) is 0 Å². The van der Waals surface area contributed by atoms with Gasteiger partial charge >= 0.3 is 0 Å². The second-order valence-electron chi connectivity index (χ2n) is 3.20. The maximum absolute atomic E-state index is 10.9. The average molecular weight is 271 g/mol. The van der Waals surface area contributed by atoms with E-state index in [-0.39, 0.29) is 11.5 Å². The van der Waals surface area contributed by atoms with Gasteiger partial charge in [0, 0.05) is 18.2 Å². The second-order valence-corrected chi connectivity index (χ2v) is 4.62. The van der Waals surface area contributed by atoms with Crippen molar-refractivity contribution < 1.29 is 22.6 Å². The van der Waals surface area contributed by atoms with Gasteiger partial charge in [0.2, 0.25) is 0 Å². The highest BCUT2D eigenvalue weighted by Gasteiger charge is 2.11. The molecule has 0 unspecified atom stereocenters. The standard InChI is InChI=1S/C9H7NO4S.C2H6O/c11-15(12,13)8-3-1-2-7(6-8)9-4-5-10-14-9;1-2-3/h1-6H,(H,11,12,13);3H,2H2,1H3. The van der Waals surface area contributed by atoms with Crippen molar-refractivity contribution in [2.75, 3.05) is 6.61 Å². The summed E-state index contributed by atoms with van der Waals surface area (Å²) in [5, 5.41) is 11.1. The van der Waals surface area contributed by atoms with Crippen molar-refractivity contribution in [1.82, 2.24) is 5.16 Å². The molecule has 0 spiro atoms. The van der Waals surface area contributed by atoms with E-state index in [1.165, 1.54) is 24.4 Å². The average Bonchev–Trinajstić information content (AvgIpc) is 2.82. The molecule has 0 aliphatic rings. The molecule has 6 nitrogen and oxygen atoms in total. The van der Waals surface area contributed by atoms with Crippen LogP contribution in [-0.2, 0) is 10.1 Å². The van der Waals surface area contributed by atoms with E-state index in [2.05, 4.69) is 5.16 Å². The van der Waals surface area contributed by atoms with Crippen LogP contribution in [0.5, 0.6) is 0 Å². The monoisotopic (exact) mass is 271 g/mol. The van der Waals surface area contributed by atoms with Gasteiger partial charge in [0.15, 0.2) is 5.76 Å². The van der Waals surface area contributed by atoms with Gasteiger partial charge in [-0.05, 0) is 19.1 Å². The number of hydrogen-bond donors (Lipinski definition) is 2. The molecule has 1 heterocycles. The van der Waals surface area contributed by atoms with Crippen LogP contribution < -0.4 is 0 Å². The lowest BCUT2D eigenvalue weighted by Gasteiger charge is -1.99. The molecule has 1 aromatic heterocycles. The summed E-state index contributed by atoms with van der Waals surface area (Å²) in [6, 6.07) is 7.39. The van der Waals surface area contributed by atoms with Gasteiger partial charge in [-0.1, -0.05) is 17.3 Å². The topological polar surface area (TPSA) is 101 Å². The summed E-state index contributed by atoms with van der Waals surface area (Å²) in [5.41, 5.74) is 0.544. The van der Waals surface area contributed by atoms with Gasteiger partial charge < -0.3 is 9.63 Å². The molecule has 98 valence electrons. The molecule has 18 heavy (non-hydrogen) atoms. The second kappa shape index (κ2) is 6.29. The zero-order chi connectivity index (χ0) is 13.6. The lowest BCUT2D eigenvalue weighted by Crippen LogP contribution is -1.97. The minimum absolute atomic E-state index is 0.170. The number of rotatable bonds is 2. The van der Waals surface area contributed by atoms with E-state index in [4.69, 9.17) is 14.2 Å². The van der Waals surface area contributed by atoms with E-state index in [9.17, 15) is 8.42 Å². The summed E-state index contributed by atoms with van der Waals surface area (Å²) in [4.78, 5) is -0.170. The van der Waals surface area contributed by atoms with E-state index in [1.54, 1.807) is 19.1 Å². The molecule has 0 saturated carbocycles. The van der Waals surface area contributed by atoms with Crippen LogP contribution in [0.1, 0.15) is 6.92 Å². The Morgan fingerprint density at radius 3 is 2.50 bits per heavy atom. The van der Waals surface area contributed by atoms with Crippen LogP contribution in [0.3, 0.4) is 0 Å². The van der Waals surface area contributed by atoms with Crippen LogP contribution in [0.25, 0.3) is 11.3 Å². The molecule has 0 aliphatic heterocycles. The summed E-state index contributed by atoms with van der Waals surface area (Å²) < 4.78 is 35.4. The SMILES string of the molecule is CCO.O=S(=O)(O)c1cccc(-c2ccno2)c1. The molecule has 0 radical (unpaired) electrons. The van der Waals surface area contributed by atoms with Crippen LogP contribution in [0, 0.1) is 0 Å². The summed E-state index contributed by atoms with van der Waals surface area (Å²) in [6.07, 6.45) is 1.45. The number of benzene rings is 1. The van der Waals surface area contributed by atoms with Crippen molar-refractivity contribution in [3.05, 3.63) is 36.5 Å². The number of aliphatic hydroxyl groups is 1. The van der Waals surface area contributed by atoms with Crippen molar-refractivity contribution >= 4 is 10.1 Å². The van der Waals surface area contributed by atoms with Gasteiger partial charge in [0.05, 0.1) is 11.1 Å². The molecule has 0 saturated heterocycles. The zero-order valence-corrected chi connectivity index (χ0v) is 10.5. The predicted octanol–water partition coefficient (Wildman–Crippen LogP) is 1.59. The highest BCUT2D eigenvalue weighted by atomic mass is 32.2. The first-order valence-electron chi connectivity index (χ1n) is 5.08. The first-order chi connectivity index (χ1) is 8.49. The molecule has 0 bridgehead atoms. The molecular formula is C11H13NO5S. The zero-order valence-electron chi connectivity index (χ0n) is 9.65. The Morgan fingerprint density at radius 2 is 2.00 bits per heavy atom. The van der Waals surface area contributed by atoms with E-state index in [1.807, 2.05) is 0 Å². The van der Waals surface area contributed by atoms with Crippen LogP contribution in [0.15, 0.2) is 45.9 Å². The highest BCUT2D eigenvalue weighted by Crippen LogP contribution is 2.21. The number of aromatic nitrogens is 1. The molecule has 0 fully saturated rings.